The maximum absolute atomic E-state index is 13.2. The molecule has 0 unspecified atom stereocenters. The molecule has 1 aromatic carbocycles. The fraction of sp³-hybridized carbons (Fsp3) is 0.381. The van der Waals surface area contributed by atoms with Crippen LogP contribution >= 0.6 is 34.3 Å². The van der Waals surface area contributed by atoms with Crippen LogP contribution in [0.15, 0.2) is 28.5 Å². The average Bonchev–Trinajstić information content (AvgIpc) is 3.38. The number of nitrogens with two attached hydrogens (primary N) is 1. The molecular weight excluding hydrogens is 520 g/mol. The fourth-order valence-electron chi connectivity index (χ4n) is 3.61. The van der Waals surface area contributed by atoms with E-state index < -0.39 is 10.0 Å². The molecule has 4 rings (SSSR count). The molecule has 0 spiro atoms. The third-order valence-electron chi connectivity index (χ3n) is 5.29. The number of benzene rings is 1. The SMILES string of the molecule is CCOC(=O)Cc1nc(CN2CCN(S(=O)(=O)c3cc4ccc(Cl)cc4s3)CC2=O)sc1CN. The first-order chi connectivity index (χ1) is 16.2. The zero-order valence-corrected chi connectivity index (χ0v) is 21.5. The number of hydrogen-bond acceptors (Lipinski definition) is 9. The maximum Gasteiger partial charge on any atom is 0.311 e. The highest BCUT2D eigenvalue weighted by Gasteiger charge is 2.34. The Morgan fingerprint density at radius 3 is 2.76 bits per heavy atom. The molecule has 1 aliphatic rings. The lowest BCUT2D eigenvalue weighted by molar-refractivity contribution is -0.142. The summed E-state index contributed by atoms with van der Waals surface area (Å²) >= 11 is 8.49. The van der Waals surface area contributed by atoms with E-state index in [1.54, 1.807) is 36.1 Å². The van der Waals surface area contributed by atoms with Crippen molar-refractivity contribution < 1.29 is 22.7 Å². The lowest BCUT2D eigenvalue weighted by Crippen LogP contribution is -2.51. The molecule has 2 N–H and O–H groups in total. The molecule has 0 atom stereocenters. The van der Waals surface area contributed by atoms with Crippen LogP contribution in [0.5, 0.6) is 0 Å². The van der Waals surface area contributed by atoms with Gasteiger partial charge >= 0.3 is 5.97 Å². The van der Waals surface area contributed by atoms with Crippen molar-refractivity contribution >= 4 is 66.3 Å². The van der Waals surface area contributed by atoms with Crippen LogP contribution in [0.3, 0.4) is 0 Å². The Labute approximate surface area is 210 Å². The van der Waals surface area contributed by atoms with E-state index in [2.05, 4.69) is 4.98 Å². The van der Waals surface area contributed by atoms with Gasteiger partial charge in [-0.1, -0.05) is 17.7 Å². The van der Waals surface area contributed by atoms with Gasteiger partial charge in [0.15, 0.2) is 0 Å². The fourth-order valence-corrected chi connectivity index (χ4v) is 7.80. The second kappa shape index (κ2) is 10.3. The number of thiazole rings is 1. The minimum absolute atomic E-state index is 0.0250. The Morgan fingerprint density at radius 2 is 2.06 bits per heavy atom. The number of rotatable bonds is 8. The van der Waals surface area contributed by atoms with E-state index >= 15 is 0 Å². The van der Waals surface area contributed by atoms with E-state index in [0.29, 0.717) is 15.7 Å². The molecule has 0 saturated carbocycles. The second-order valence-electron chi connectivity index (χ2n) is 7.56. The minimum atomic E-state index is -3.81. The highest BCUT2D eigenvalue weighted by atomic mass is 35.5. The van der Waals surface area contributed by atoms with Crippen LogP contribution in [0, 0.1) is 0 Å². The van der Waals surface area contributed by atoms with Crippen molar-refractivity contribution in [3.05, 3.63) is 44.9 Å². The molecular formula is C21H23ClN4O5S3. The van der Waals surface area contributed by atoms with Crippen LogP contribution in [0.25, 0.3) is 10.1 Å². The number of piperazine rings is 1. The number of hydrogen-bond donors (Lipinski definition) is 1. The normalized spacial score (nSPS) is 15.3. The number of thiophene rings is 1. The van der Waals surface area contributed by atoms with E-state index in [1.165, 1.54) is 15.6 Å². The summed E-state index contributed by atoms with van der Waals surface area (Å²) in [5, 5.41) is 1.97. The summed E-state index contributed by atoms with van der Waals surface area (Å²) in [7, 11) is -3.81. The molecule has 3 heterocycles. The van der Waals surface area contributed by atoms with Crippen molar-refractivity contribution in [3.8, 4) is 0 Å². The molecule has 0 bridgehead atoms. The number of halogens is 1. The van der Waals surface area contributed by atoms with E-state index in [0.717, 1.165) is 26.3 Å². The zero-order chi connectivity index (χ0) is 24.5. The third kappa shape index (κ3) is 5.26. The largest absolute Gasteiger partial charge is 0.466 e. The summed E-state index contributed by atoms with van der Waals surface area (Å²) in [4.78, 5) is 31.5. The van der Waals surface area contributed by atoms with Crippen LogP contribution in [0.2, 0.25) is 5.02 Å². The summed E-state index contributed by atoms with van der Waals surface area (Å²) in [5.74, 6) is -0.692. The summed E-state index contributed by atoms with van der Waals surface area (Å²) < 4.78 is 33.5. The molecule has 3 aromatic rings. The topological polar surface area (TPSA) is 123 Å². The standard InChI is InChI=1S/C21H23ClN4O5S3/c1-2-31-20(28)9-15-17(10-23)32-18(24-15)11-25-5-6-26(12-19(25)27)34(29,30)21-7-13-3-4-14(22)8-16(13)33-21/h3-4,7-8H,2,5-6,9-12,23H2,1H3. The van der Waals surface area contributed by atoms with E-state index in [1.807, 2.05) is 0 Å². The number of nitrogens with zero attached hydrogens (tertiary/aromatic N) is 3. The van der Waals surface area contributed by atoms with Crippen LogP contribution < -0.4 is 5.73 Å². The Balaban J connectivity index is 1.44. The van der Waals surface area contributed by atoms with Crippen LogP contribution in [-0.4, -0.2) is 60.7 Å². The molecule has 1 amide bonds. The Morgan fingerprint density at radius 1 is 1.26 bits per heavy atom. The number of sulfonamides is 1. The number of ether oxygens (including phenoxy) is 1. The number of amides is 1. The second-order valence-corrected chi connectivity index (χ2v) is 12.4. The zero-order valence-electron chi connectivity index (χ0n) is 18.3. The molecule has 2 aromatic heterocycles. The smallest absolute Gasteiger partial charge is 0.311 e. The van der Waals surface area contributed by atoms with Gasteiger partial charge in [-0.2, -0.15) is 4.31 Å². The van der Waals surface area contributed by atoms with Gasteiger partial charge in [0.1, 0.15) is 9.22 Å². The maximum atomic E-state index is 13.2. The highest BCUT2D eigenvalue weighted by molar-refractivity contribution is 7.91. The van der Waals surface area contributed by atoms with Gasteiger partial charge in [0, 0.05) is 34.2 Å². The Kier molecular flexibility index (Phi) is 7.55. The van der Waals surface area contributed by atoms with E-state index in [4.69, 9.17) is 22.1 Å². The van der Waals surface area contributed by atoms with Gasteiger partial charge in [-0.3, -0.25) is 9.59 Å². The minimum Gasteiger partial charge on any atom is -0.466 e. The molecule has 1 saturated heterocycles. The highest BCUT2D eigenvalue weighted by Crippen LogP contribution is 2.33. The Hall–Kier alpha value is -2.09. The first-order valence-electron chi connectivity index (χ1n) is 10.5. The predicted octanol–water partition coefficient (Wildman–Crippen LogP) is 2.61. The quantitative estimate of drug-likeness (QED) is 0.434. The lowest BCUT2D eigenvalue weighted by Gasteiger charge is -2.32. The van der Waals surface area contributed by atoms with Crippen molar-refractivity contribution in [1.82, 2.24) is 14.2 Å². The molecule has 182 valence electrons. The first kappa shape index (κ1) is 25.0. The summed E-state index contributed by atoms with van der Waals surface area (Å²) in [5.41, 5.74) is 6.34. The van der Waals surface area contributed by atoms with Gasteiger partial charge in [0.2, 0.25) is 5.91 Å². The lowest BCUT2D eigenvalue weighted by atomic mass is 10.2. The van der Waals surface area contributed by atoms with E-state index in [-0.39, 0.29) is 61.8 Å². The Bertz CT molecular complexity index is 1340. The van der Waals surface area contributed by atoms with Crippen LogP contribution in [0.4, 0.5) is 0 Å². The van der Waals surface area contributed by atoms with Gasteiger partial charge in [-0.25, -0.2) is 13.4 Å². The number of esters is 1. The molecule has 0 aliphatic carbocycles. The van der Waals surface area contributed by atoms with Gasteiger partial charge in [0.05, 0.1) is 31.8 Å². The number of carbonyl (C=O) groups excluding carboxylic acids is 2. The number of fused-ring (bicyclic) bond motifs is 1. The van der Waals surface area contributed by atoms with Crippen molar-refractivity contribution in [2.45, 2.75) is 30.6 Å². The summed E-state index contributed by atoms with van der Waals surface area (Å²) in [6.45, 7) is 2.64. The average molecular weight is 543 g/mol. The number of aromatic nitrogens is 1. The van der Waals surface area contributed by atoms with Crippen molar-refractivity contribution in [1.29, 1.82) is 0 Å². The first-order valence-corrected chi connectivity index (χ1v) is 14.0. The molecule has 0 radical (unpaired) electrons. The molecule has 13 heteroatoms. The van der Waals surface area contributed by atoms with E-state index in [9.17, 15) is 18.0 Å². The molecule has 34 heavy (non-hydrogen) atoms. The molecule has 9 nitrogen and oxygen atoms in total. The monoisotopic (exact) mass is 542 g/mol. The molecule has 1 aliphatic heterocycles. The van der Waals surface area contributed by atoms with Gasteiger partial charge in [-0.15, -0.1) is 22.7 Å². The predicted molar refractivity (Wildman–Crippen MR) is 131 cm³/mol. The summed E-state index contributed by atoms with van der Waals surface area (Å²) in [6, 6.07) is 6.82. The number of carbonyl (C=O) groups is 2. The van der Waals surface area contributed by atoms with Gasteiger partial charge in [0.25, 0.3) is 10.0 Å². The third-order valence-corrected chi connectivity index (χ3v) is 10.0. The van der Waals surface area contributed by atoms with Crippen molar-refractivity contribution in [3.63, 3.8) is 0 Å². The van der Waals surface area contributed by atoms with Gasteiger partial charge < -0.3 is 15.4 Å². The van der Waals surface area contributed by atoms with Crippen molar-refractivity contribution in [2.24, 2.45) is 5.73 Å². The van der Waals surface area contributed by atoms with Crippen molar-refractivity contribution in [2.75, 3.05) is 26.2 Å². The van der Waals surface area contributed by atoms with Gasteiger partial charge in [-0.05, 0) is 30.5 Å². The van der Waals surface area contributed by atoms with Crippen LogP contribution in [-0.2, 0) is 43.9 Å². The van der Waals surface area contributed by atoms with Crippen LogP contribution in [0.1, 0.15) is 22.5 Å². The summed E-state index contributed by atoms with van der Waals surface area (Å²) in [6.07, 6.45) is 0.0250. The molecule has 1 fully saturated rings.